The second-order valence-corrected chi connectivity index (χ2v) is 6.70. The Balaban J connectivity index is 1.64. The van der Waals surface area contributed by atoms with Crippen molar-refractivity contribution in [3.05, 3.63) is 29.8 Å². The molecule has 1 unspecified atom stereocenters. The number of carbonyl (C=O) groups is 1. The van der Waals surface area contributed by atoms with E-state index < -0.39 is 0 Å². The van der Waals surface area contributed by atoms with Gasteiger partial charge in [-0.05, 0) is 49.3 Å². The van der Waals surface area contributed by atoms with Gasteiger partial charge in [0, 0.05) is 17.5 Å². The summed E-state index contributed by atoms with van der Waals surface area (Å²) in [4.78, 5) is 15.7. The fraction of sp³-hybridized carbons (Fsp3) is 0.588. The van der Waals surface area contributed by atoms with Crippen molar-refractivity contribution in [1.29, 1.82) is 0 Å². The van der Waals surface area contributed by atoms with Crippen molar-refractivity contribution in [3.8, 4) is 0 Å². The Bertz CT molecular complexity index is 464. The predicted octanol–water partition coefficient (Wildman–Crippen LogP) is 3.70. The molecule has 1 aromatic carbocycles. The Labute approximate surface area is 127 Å². The summed E-state index contributed by atoms with van der Waals surface area (Å²) in [6.07, 6.45) is 8.29. The summed E-state index contributed by atoms with van der Waals surface area (Å²) in [5.74, 6) is 1.08. The molecular formula is C17H23NOS. The lowest BCUT2D eigenvalue weighted by molar-refractivity contribution is -0.132. The van der Waals surface area contributed by atoms with E-state index in [0.717, 1.165) is 22.9 Å². The first-order valence-corrected chi connectivity index (χ1v) is 8.26. The maximum atomic E-state index is 12.6. The quantitative estimate of drug-likeness (QED) is 0.841. The minimum Gasteiger partial charge on any atom is -0.339 e. The van der Waals surface area contributed by atoms with Crippen molar-refractivity contribution in [2.45, 2.75) is 55.9 Å². The normalized spacial score (nSPS) is 23.4. The zero-order valence-electron chi connectivity index (χ0n) is 11.9. The van der Waals surface area contributed by atoms with Gasteiger partial charge in [-0.25, -0.2) is 0 Å². The Morgan fingerprint density at radius 1 is 1.10 bits per heavy atom. The maximum Gasteiger partial charge on any atom is 0.227 e. The Morgan fingerprint density at radius 2 is 1.80 bits per heavy atom. The summed E-state index contributed by atoms with van der Waals surface area (Å²) in [5.41, 5.74) is 1.10. The maximum absolute atomic E-state index is 12.6. The summed E-state index contributed by atoms with van der Waals surface area (Å²) in [6.45, 7) is 0.963. The molecule has 0 aromatic heterocycles. The van der Waals surface area contributed by atoms with Crippen LogP contribution < -0.4 is 0 Å². The standard InChI is InChI=1S/C17H23NOS/c19-17(12-13-7-9-15(20)10-8-13)18-11-3-6-16(18)14-4-1-2-5-14/h7-10,14,16,20H,1-6,11-12H2. The molecule has 3 rings (SSSR count). The number of benzene rings is 1. The number of likely N-dealkylation sites (tertiary alicyclic amines) is 1. The average Bonchev–Trinajstić information content (AvgIpc) is 3.11. The zero-order valence-corrected chi connectivity index (χ0v) is 12.8. The number of thiol groups is 1. The fourth-order valence-corrected chi connectivity index (χ4v) is 3.97. The summed E-state index contributed by atoms with van der Waals surface area (Å²) in [7, 11) is 0. The van der Waals surface area contributed by atoms with Gasteiger partial charge in [-0.15, -0.1) is 12.6 Å². The zero-order chi connectivity index (χ0) is 13.9. The Hall–Kier alpha value is -0.960. The third kappa shape index (κ3) is 3.03. The molecule has 2 fully saturated rings. The summed E-state index contributed by atoms with van der Waals surface area (Å²) >= 11 is 4.29. The SMILES string of the molecule is O=C(Cc1ccc(S)cc1)N1CCCC1C1CCCC1. The van der Waals surface area contributed by atoms with Crippen molar-refractivity contribution in [2.75, 3.05) is 6.54 Å². The second-order valence-electron chi connectivity index (χ2n) is 6.18. The number of hydrogen-bond acceptors (Lipinski definition) is 2. The van der Waals surface area contributed by atoms with Crippen LogP contribution in [0.25, 0.3) is 0 Å². The third-order valence-corrected chi connectivity index (χ3v) is 5.15. The number of nitrogens with zero attached hydrogens (tertiary/aromatic N) is 1. The number of carbonyl (C=O) groups excluding carboxylic acids is 1. The first-order valence-electron chi connectivity index (χ1n) is 7.81. The lowest BCUT2D eigenvalue weighted by Crippen LogP contribution is -2.40. The molecule has 20 heavy (non-hydrogen) atoms. The van der Waals surface area contributed by atoms with Crippen LogP contribution >= 0.6 is 12.6 Å². The molecule has 3 heteroatoms. The molecule has 1 atom stereocenters. The smallest absolute Gasteiger partial charge is 0.227 e. The topological polar surface area (TPSA) is 20.3 Å². The molecule has 1 aromatic rings. The summed E-state index contributed by atoms with van der Waals surface area (Å²) < 4.78 is 0. The van der Waals surface area contributed by atoms with E-state index >= 15 is 0 Å². The van der Waals surface area contributed by atoms with Gasteiger partial charge in [0.2, 0.25) is 5.91 Å². The van der Waals surface area contributed by atoms with Gasteiger partial charge in [0.25, 0.3) is 0 Å². The highest BCUT2D eigenvalue weighted by molar-refractivity contribution is 7.80. The van der Waals surface area contributed by atoms with E-state index in [4.69, 9.17) is 0 Å². The van der Waals surface area contributed by atoms with E-state index in [2.05, 4.69) is 17.5 Å². The van der Waals surface area contributed by atoms with Crippen LogP contribution in [0.1, 0.15) is 44.1 Å². The van der Waals surface area contributed by atoms with Crippen LogP contribution in [0.4, 0.5) is 0 Å². The first kappa shape index (κ1) is 14.0. The van der Waals surface area contributed by atoms with Gasteiger partial charge in [-0.2, -0.15) is 0 Å². The van der Waals surface area contributed by atoms with E-state index in [9.17, 15) is 4.79 Å². The highest BCUT2D eigenvalue weighted by Gasteiger charge is 2.35. The Kier molecular flexibility index (Phi) is 4.35. The van der Waals surface area contributed by atoms with Crippen LogP contribution in [-0.2, 0) is 11.2 Å². The molecule has 1 aliphatic heterocycles. The first-order chi connectivity index (χ1) is 9.74. The largest absolute Gasteiger partial charge is 0.339 e. The highest BCUT2D eigenvalue weighted by Crippen LogP contribution is 2.35. The number of hydrogen-bond donors (Lipinski definition) is 1. The van der Waals surface area contributed by atoms with Gasteiger partial charge < -0.3 is 4.90 Å². The summed E-state index contributed by atoms with van der Waals surface area (Å²) in [6, 6.07) is 8.48. The highest BCUT2D eigenvalue weighted by atomic mass is 32.1. The van der Waals surface area contributed by atoms with Crippen LogP contribution in [0, 0.1) is 5.92 Å². The number of rotatable bonds is 3. The van der Waals surface area contributed by atoms with Gasteiger partial charge >= 0.3 is 0 Å². The molecule has 1 saturated carbocycles. The van der Waals surface area contributed by atoms with Crippen molar-refractivity contribution < 1.29 is 4.79 Å². The molecule has 0 radical (unpaired) electrons. The van der Waals surface area contributed by atoms with Gasteiger partial charge in [0.15, 0.2) is 0 Å². The lowest BCUT2D eigenvalue weighted by Gasteiger charge is -2.29. The van der Waals surface area contributed by atoms with Crippen molar-refractivity contribution in [3.63, 3.8) is 0 Å². The van der Waals surface area contributed by atoms with E-state index in [-0.39, 0.29) is 0 Å². The van der Waals surface area contributed by atoms with Crippen molar-refractivity contribution in [2.24, 2.45) is 5.92 Å². The summed E-state index contributed by atoms with van der Waals surface area (Å²) in [5, 5.41) is 0. The molecule has 2 nitrogen and oxygen atoms in total. The molecule has 0 spiro atoms. The van der Waals surface area contributed by atoms with E-state index in [1.807, 2.05) is 24.3 Å². The predicted molar refractivity (Wildman–Crippen MR) is 84.1 cm³/mol. The second kappa shape index (κ2) is 6.21. The van der Waals surface area contributed by atoms with E-state index in [1.54, 1.807) is 0 Å². The van der Waals surface area contributed by atoms with Crippen LogP contribution in [0.3, 0.4) is 0 Å². The molecule has 0 bridgehead atoms. The monoisotopic (exact) mass is 289 g/mol. The van der Waals surface area contributed by atoms with Crippen LogP contribution in [0.5, 0.6) is 0 Å². The molecule has 1 aliphatic carbocycles. The average molecular weight is 289 g/mol. The van der Waals surface area contributed by atoms with Crippen molar-refractivity contribution >= 4 is 18.5 Å². The van der Waals surface area contributed by atoms with Gasteiger partial charge in [-0.3, -0.25) is 4.79 Å². The molecule has 1 saturated heterocycles. The minimum absolute atomic E-state index is 0.311. The molecule has 2 aliphatic rings. The van der Waals surface area contributed by atoms with E-state index in [0.29, 0.717) is 18.4 Å². The molecule has 1 amide bonds. The van der Waals surface area contributed by atoms with Crippen LogP contribution in [0.15, 0.2) is 29.2 Å². The van der Waals surface area contributed by atoms with Crippen molar-refractivity contribution in [1.82, 2.24) is 4.90 Å². The molecule has 0 N–H and O–H groups in total. The lowest BCUT2D eigenvalue weighted by atomic mass is 9.95. The number of amides is 1. The van der Waals surface area contributed by atoms with Gasteiger partial charge in [-0.1, -0.05) is 25.0 Å². The van der Waals surface area contributed by atoms with Crippen LogP contribution in [0.2, 0.25) is 0 Å². The minimum atomic E-state index is 0.311. The van der Waals surface area contributed by atoms with Gasteiger partial charge in [0.1, 0.15) is 0 Å². The van der Waals surface area contributed by atoms with E-state index in [1.165, 1.54) is 38.5 Å². The third-order valence-electron chi connectivity index (χ3n) is 4.86. The fourth-order valence-electron chi connectivity index (χ4n) is 3.82. The molecule has 1 heterocycles. The van der Waals surface area contributed by atoms with Crippen LogP contribution in [-0.4, -0.2) is 23.4 Å². The van der Waals surface area contributed by atoms with Gasteiger partial charge in [0.05, 0.1) is 6.42 Å². The Morgan fingerprint density at radius 3 is 2.50 bits per heavy atom. The molecular weight excluding hydrogens is 266 g/mol. The molecule has 108 valence electrons.